The molecule has 3 N–H and O–H groups in total. The van der Waals surface area contributed by atoms with Crippen LogP contribution in [0.15, 0.2) is 30.1 Å². The Labute approximate surface area is 179 Å². The monoisotopic (exact) mass is 427 g/mol. The highest BCUT2D eigenvalue weighted by molar-refractivity contribution is 5.79. The lowest BCUT2D eigenvalue weighted by Gasteiger charge is -2.32. The van der Waals surface area contributed by atoms with Crippen LogP contribution in [0.1, 0.15) is 17.9 Å². The van der Waals surface area contributed by atoms with Crippen LogP contribution < -0.4 is 15.5 Å². The lowest BCUT2D eigenvalue weighted by Crippen LogP contribution is -2.45. The zero-order valence-electron chi connectivity index (χ0n) is 17.6. The van der Waals surface area contributed by atoms with E-state index in [1.807, 2.05) is 6.92 Å². The zero-order chi connectivity index (χ0) is 21.8. The van der Waals surface area contributed by atoms with Gasteiger partial charge in [0.05, 0.1) is 12.5 Å². The van der Waals surface area contributed by atoms with E-state index in [0.717, 1.165) is 26.2 Å². The fourth-order valence-corrected chi connectivity index (χ4v) is 3.48. The second-order valence-electron chi connectivity index (χ2n) is 7.74. The van der Waals surface area contributed by atoms with Crippen molar-refractivity contribution >= 4 is 23.6 Å². The third kappa shape index (κ3) is 5.63. The number of allylic oxidation sites excluding steroid dienone is 2. The van der Waals surface area contributed by atoms with E-state index in [1.165, 1.54) is 12.2 Å². The maximum absolute atomic E-state index is 13.3. The van der Waals surface area contributed by atoms with Gasteiger partial charge in [-0.1, -0.05) is 6.08 Å². The van der Waals surface area contributed by atoms with Crippen molar-refractivity contribution in [2.75, 3.05) is 43.4 Å². The highest BCUT2D eigenvalue weighted by Gasteiger charge is 2.18. The van der Waals surface area contributed by atoms with E-state index in [4.69, 9.17) is 0 Å². The van der Waals surface area contributed by atoms with Crippen LogP contribution in [0.2, 0.25) is 0 Å². The first-order valence-electron chi connectivity index (χ1n) is 10.3. The molecule has 1 saturated heterocycles. The number of hydrogen-bond acceptors (Lipinski definition) is 8. The molecule has 2 aromatic heterocycles. The summed E-state index contributed by atoms with van der Waals surface area (Å²) in [6, 6.07) is 1.39. The van der Waals surface area contributed by atoms with Gasteiger partial charge >= 0.3 is 0 Å². The van der Waals surface area contributed by atoms with Gasteiger partial charge in [0.25, 0.3) is 0 Å². The van der Waals surface area contributed by atoms with Gasteiger partial charge in [0.2, 0.25) is 17.8 Å². The number of carbonyl (C=O) groups is 1. The van der Waals surface area contributed by atoms with Gasteiger partial charge in [-0.2, -0.15) is 20.1 Å². The normalized spacial score (nSPS) is 19.3. The molecule has 2 aliphatic rings. The maximum atomic E-state index is 13.3. The summed E-state index contributed by atoms with van der Waals surface area (Å²) in [5.41, 5.74) is 0.626. The Morgan fingerprint density at radius 1 is 1.26 bits per heavy atom. The summed E-state index contributed by atoms with van der Waals surface area (Å²) in [5.74, 6) is 1.60. The molecule has 1 atom stereocenters. The number of halogens is 1. The number of nitrogens with zero attached hydrogens (tertiary/aromatic N) is 6. The van der Waals surface area contributed by atoms with Crippen LogP contribution in [-0.2, 0) is 11.2 Å². The molecule has 0 spiro atoms. The van der Waals surface area contributed by atoms with Crippen LogP contribution in [0.4, 0.5) is 22.1 Å². The van der Waals surface area contributed by atoms with E-state index >= 15 is 0 Å². The number of nitrogens with one attached hydrogen (secondary N) is 3. The number of rotatable bonds is 6. The molecule has 3 heterocycles. The minimum Gasteiger partial charge on any atom is -0.349 e. The fraction of sp³-hybridized carbons (Fsp3) is 0.450. The highest BCUT2D eigenvalue weighted by Crippen LogP contribution is 2.17. The van der Waals surface area contributed by atoms with Crippen molar-refractivity contribution in [1.29, 1.82) is 0 Å². The molecule has 1 fully saturated rings. The highest BCUT2D eigenvalue weighted by atomic mass is 19.1. The number of carbonyl (C=O) groups excluding carboxylic acids is 1. The second kappa shape index (κ2) is 9.21. The first-order valence-corrected chi connectivity index (χ1v) is 10.3. The van der Waals surface area contributed by atoms with Crippen molar-refractivity contribution in [3.05, 3.63) is 41.6 Å². The van der Waals surface area contributed by atoms with Gasteiger partial charge < -0.3 is 20.4 Å². The summed E-state index contributed by atoms with van der Waals surface area (Å²) in [7, 11) is 2.10. The summed E-state index contributed by atoms with van der Waals surface area (Å²) >= 11 is 0. The molecular weight excluding hydrogens is 401 g/mol. The van der Waals surface area contributed by atoms with E-state index in [1.54, 1.807) is 12.1 Å². The van der Waals surface area contributed by atoms with Crippen molar-refractivity contribution in [2.24, 2.45) is 0 Å². The van der Waals surface area contributed by atoms with Gasteiger partial charge in [0.15, 0.2) is 5.82 Å². The average molecular weight is 427 g/mol. The molecule has 1 aliphatic carbocycles. The van der Waals surface area contributed by atoms with Crippen molar-refractivity contribution in [3.63, 3.8) is 0 Å². The predicted molar refractivity (Wildman–Crippen MR) is 115 cm³/mol. The van der Waals surface area contributed by atoms with Crippen molar-refractivity contribution in [3.8, 4) is 0 Å². The van der Waals surface area contributed by atoms with E-state index < -0.39 is 0 Å². The Kier molecular flexibility index (Phi) is 6.21. The summed E-state index contributed by atoms with van der Waals surface area (Å²) in [6.45, 7) is 5.45. The molecule has 164 valence electrons. The Morgan fingerprint density at radius 3 is 2.84 bits per heavy atom. The summed E-state index contributed by atoms with van der Waals surface area (Å²) < 4.78 is 13.3. The summed E-state index contributed by atoms with van der Waals surface area (Å²) in [4.78, 5) is 30.0. The standard InChI is InChI=1S/C20H26FN9O/c1-13-22-19(26-20(23-13)30-8-6-29(2)7-9-30)25-17-11-16(27-28-17)12-18(31)24-15-5-3-4-14(21)10-15/h3-4,10-11,15H,5-9,12H2,1-2H3,(H,24,31)(H2,22,23,25,26,27,28). The molecule has 31 heavy (non-hydrogen) atoms. The van der Waals surface area contributed by atoms with Gasteiger partial charge in [-0.05, 0) is 32.5 Å². The molecule has 1 unspecified atom stereocenters. The number of likely N-dealkylation sites (N-methyl/N-ethyl adjacent to an activating group) is 1. The zero-order valence-corrected chi connectivity index (χ0v) is 17.6. The molecular formula is C20H26FN9O. The predicted octanol–water partition coefficient (Wildman–Crippen LogP) is 1.24. The van der Waals surface area contributed by atoms with Gasteiger partial charge in [-0.15, -0.1) is 0 Å². The quantitative estimate of drug-likeness (QED) is 0.631. The van der Waals surface area contributed by atoms with Gasteiger partial charge in [-0.3, -0.25) is 9.89 Å². The second-order valence-corrected chi connectivity index (χ2v) is 7.74. The maximum Gasteiger partial charge on any atom is 0.233 e. The number of piperazine rings is 1. The number of aromatic nitrogens is 5. The first kappa shape index (κ1) is 20.9. The summed E-state index contributed by atoms with van der Waals surface area (Å²) in [6.07, 6.45) is 5.18. The van der Waals surface area contributed by atoms with Crippen LogP contribution >= 0.6 is 0 Å². The van der Waals surface area contributed by atoms with Crippen LogP contribution in [0.25, 0.3) is 0 Å². The fourth-order valence-electron chi connectivity index (χ4n) is 3.48. The van der Waals surface area contributed by atoms with E-state index in [2.05, 4.69) is 52.6 Å². The number of H-pyrrole nitrogens is 1. The molecule has 0 saturated carbocycles. The molecule has 1 amide bonds. The van der Waals surface area contributed by atoms with Crippen molar-refractivity contribution in [1.82, 2.24) is 35.4 Å². The van der Waals surface area contributed by atoms with Crippen LogP contribution in [-0.4, -0.2) is 75.2 Å². The third-order valence-electron chi connectivity index (χ3n) is 5.12. The lowest BCUT2D eigenvalue weighted by atomic mass is 10.1. The van der Waals surface area contributed by atoms with E-state index in [-0.39, 0.29) is 24.2 Å². The Balaban J connectivity index is 1.36. The van der Waals surface area contributed by atoms with Crippen LogP contribution in [0, 0.1) is 6.92 Å². The summed E-state index contributed by atoms with van der Waals surface area (Å²) in [5, 5.41) is 12.9. The Bertz CT molecular complexity index is 994. The van der Waals surface area contributed by atoms with Crippen molar-refractivity contribution in [2.45, 2.75) is 25.8 Å². The molecule has 4 rings (SSSR count). The van der Waals surface area contributed by atoms with Crippen LogP contribution in [0.5, 0.6) is 0 Å². The number of amides is 1. The topological polar surface area (TPSA) is 115 Å². The average Bonchev–Trinajstić information content (AvgIpc) is 3.14. The van der Waals surface area contributed by atoms with E-state index in [0.29, 0.717) is 35.7 Å². The molecule has 1 aliphatic heterocycles. The Morgan fingerprint density at radius 2 is 2.06 bits per heavy atom. The third-order valence-corrected chi connectivity index (χ3v) is 5.12. The first-order chi connectivity index (χ1) is 14.9. The molecule has 0 aromatic carbocycles. The van der Waals surface area contributed by atoms with Gasteiger partial charge in [0, 0.05) is 37.9 Å². The van der Waals surface area contributed by atoms with Crippen molar-refractivity contribution < 1.29 is 9.18 Å². The number of anilines is 3. The smallest absolute Gasteiger partial charge is 0.233 e. The minimum atomic E-state index is -0.340. The van der Waals surface area contributed by atoms with Gasteiger partial charge in [0.1, 0.15) is 11.7 Å². The number of hydrogen-bond donors (Lipinski definition) is 3. The SMILES string of the molecule is Cc1nc(Nc2cc(CC(=O)NC3C=C(F)C=CC3)[nH]n2)nc(N2CCN(C)CC2)n1. The molecule has 10 nitrogen and oxygen atoms in total. The molecule has 2 aromatic rings. The molecule has 0 bridgehead atoms. The molecule has 0 radical (unpaired) electrons. The van der Waals surface area contributed by atoms with Gasteiger partial charge in [-0.25, -0.2) is 4.39 Å². The Hall–Kier alpha value is -3.34. The number of aryl methyl sites for hydroxylation is 1. The largest absolute Gasteiger partial charge is 0.349 e. The number of aromatic amines is 1. The molecule has 11 heteroatoms. The van der Waals surface area contributed by atoms with Crippen LogP contribution in [0.3, 0.4) is 0 Å². The lowest BCUT2D eigenvalue weighted by molar-refractivity contribution is -0.120. The van der Waals surface area contributed by atoms with E-state index in [9.17, 15) is 9.18 Å². The minimum absolute atomic E-state index is 0.104.